The Morgan fingerprint density at radius 1 is 1.20 bits per heavy atom. The minimum absolute atomic E-state index is 0.258. The summed E-state index contributed by atoms with van der Waals surface area (Å²) in [6, 6.07) is 9.44. The molecule has 2 heterocycles. The van der Waals surface area contributed by atoms with Gasteiger partial charge in [0, 0.05) is 24.4 Å². The fourth-order valence-corrected chi connectivity index (χ4v) is 2.13. The van der Waals surface area contributed by atoms with E-state index in [1.165, 1.54) is 0 Å². The van der Waals surface area contributed by atoms with Gasteiger partial charge in [-0.3, -0.25) is 0 Å². The lowest BCUT2D eigenvalue weighted by Crippen LogP contribution is -2.06. The van der Waals surface area contributed by atoms with Crippen molar-refractivity contribution in [3.05, 3.63) is 41.6 Å². The first-order chi connectivity index (χ1) is 9.74. The Balaban J connectivity index is 1.83. The Morgan fingerprint density at radius 2 is 2.05 bits per heavy atom. The molecular weight excluding hydrogens is 256 g/mol. The Morgan fingerprint density at radius 3 is 2.90 bits per heavy atom. The van der Waals surface area contributed by atoms with Crippen LogP contribution in [0, 0.1) is 6.92 Å². The van der Waals surface area contributed by atoms with Gasteiger partial charge in [-0.05, 0) is 37.7 Å². The SMILES string of the molecule is CNCc1cc(C)nc(Oc2ccc3c(c2)OCO3)c1. The summed E-state index contributed by atoms with van der Waals surface area (Å²) >= 11 is 0. The summed E-state index contributed by atoms with van der Waals surface area (Å²) in [5, 5.41) is 3.12. The van der Waals surface area contributed by atoms with E-state index in [1.54, 1.807) is 0 Å². The lowest BCUT2D eigenvalue weighted by atomic mass is 10.2. The van der Waals surface area contributed by atoms with Crippen LogP contribution in [-0.2, 0) is 6.54 Å². The van der Waals surface area contributed by atoms with Crippen LogP contribution in [0.25, 0.3) is 0 Å². The molecular formula is C15H16N2O3. The fraction of sp³-hybridized carbons (Fsp3) is 0.267. The highest BCUT2D eigenvalue weighted by Crippen LogP contribution is 2.36. The van der Waals surface area contributed by atoms with Crippen molar-refractivity contribution in [3.8, 4) is 23.1 Å². The van der Waals surface area contributed by atoms with E-state index in [4.69, 9.17) is 14.2 Å². The van der Waals surface area contributed by atoms with Crippen LogP contribution in [0.15, 0.2) is 30.3 Å². The summed E-state index contributed by atoms with van der Waals surface area (Å²) in [5.74, 6) is 2.70. The highest BCUT2D eigenvalue weighted by atomic mass is 16.7. The topological polar surface area (TPSA) is 52.6 Å². The summed E-state index contributed by atoms with van der Waals surface area (Å²) in [6.45, 7) is 2.99. The number of aryl methyl sites for hydroxylation is 1. The molecule has 2 aromatic rings. The van der Waals surface area contributed by atoms with E-state index in [-0.39, 0.29) is 6.79 Å². The predicted molar refractivity (Wildman–Crippen MR) is 74.4 cm³/mol. The van der Waals surface area contributed by atoms with Gasteiger partial charge >= 0.3 is 0 Å². The molecule has 1 aromatic heterocycles. The van der Waals surface area contributed by atoms with Gasteiger partial charge in [-0.1, -0.05) is 0 Å². The van der Waals surface area contributed by atoms with Gasteiger partial charge in [0.15, 0.2) is 11.5 Å². The molecule has 0 spiro atoms. The summed E-state index contributed by atoms with van der Waals surface area (Å²) in [7, 11) is 1.91. The van der Waals surface area contributed by atoms with Crippen molar-refractivity contribution in [2.45, 2.75) is 13.5 Å². The Kier molecular flexibility index (Phi) is 3.43. The van der Waals surface area contributed by atoms with Gasteiger partial charge in [-0.15, -0.1) is 0 Å². The van der Waals surface area contributed by atoms with E-state index in [2.05, 4.69) is 10.3 Å². The number of rotatable bonds is 4. The average molecular weight is 272 g/mol. The van der Waals surface area contributed by atoms with Gasteiger partial charge in [0.1, 0.15) is 5.75 Å². The standard InChI is InChI=1S/C15H16N2O3/c1-10-5-11(8-16-2)6-15(17-10)20-12-3-4-13-14(7-12)19-9-18-13/h3-7,16H,8-9H2,1-2H3. The smallest absolute Gasteiger partial charge is 0.231 e. The van der Waals surface area contributed by atoms with Gasteiger partial charge < -0.3 is 19.5 Å². The number of benzene rings is 1. The number of hydrogen-bond donors (Lipinski definition) is 1. The summed E-state index contributed by atoms with van der Waals surface area (Å²) in [6.07, 6.45) is 0. The summed E-state index contributed by atoms with van der Waals surface area (Å²) < 4.78 is 16.4. The first kappa shape index (κ1) is 12.7. The summed E-state index contributed by atoms with van der Waals surface area (Å²) in [4.78, 5) is 4.38. The number of nitrogens with one attached hydrogen (secondary N) is 1. The molecule has 0 bridgehead atoms. The molecule has 0 amide bonds. The van der Waals surface area contributed by atoms with E-state index >= 15 is 0 Å². The summed E-state index contributed by atoms with van der Waals surface area (Å²) in [5.41, 5.74) is 2.06. The van der Waals surface area contributed by atoms with Crippen molar-refractivity contribution in [2.75, 3.05) is 13.8 Å². The van der Waals surface area contributed by atoms with Crippen molar-refractivity contribution in [1.82, 2.24) is 10.3 Å². The van der Waals surface area contributed by atoms with Crippen molar-refractivity contribution < 1.29 is 14.2 Å². The van der Waals surface area contributed by atoms with Crippen LogP contribution in [0.5, 0.6) is 23.1 Å². The van der Waals surface area contributed by atoms with Gasteiger partial charge in [-0.25, -0.2) is 4.98 Å². The molecule has 104 valence electrons. The van der Waals surface area contributed by atoms with Gasteiger partial charge in [0.2, 0.25) is 12.7 Å². The highest BCUT2D eigenvalue weighted by Gasteiger charge is 2.14. The minimum atomic E-state index is 0.258. The Bertz CT molecular complexity index is 629. The molecule has 0 fully saturated rings. The molecule has 0 unspecified atom stereocenters. The number of aromatic nitrogens is 1. The lowest BCUT2D eigenvalue weighted by molar-refractivity contribution is 0.174. The van der Waals surface area contributed by atoms with Crippen molar-refractivity contribution >= 4 is 0 Å². The lowest BCUT2D eigenvalue weighted by Gasteiger charge is -2.08. The van der Waals surface area contributed by atoms with Gasteiger partial charge in [0.05, 0.1) is 0 Å². The number of fused-ring (bicyclic) bond motifs is 1. The van der Waals surface area contributed by atoms with Crippen LogP contribution in [0.3, 0.4) is 0 Å². The van der Waals surface area contributed by atoms with Crippen molar-refractivity contribution in [2.24, 2.45) is 0 Å². The van der Waals surface area contributed by atoms with E-state index < -0.39 is 0 Å². The molecule has 0 radical (unpaired) electrons. The van der Waals surface area contributed by atoms with Crippen LogP contribution in [-0.4, -0.2) is 18.8 Å². The Labute approximate surface area is 117 Å². The maximum atomic E-state index is 5.80. The second-order valence-corrected chi connectivity index (χ2v) is 4.60. The third kappa shape index (κ3) is 2.67. The normalized spacial score (nSPS) is 12.5. The maximum absolute atomic E-state index is 5.80. The number of nitrogens with zero attached hydrogens (tertiary/aromatic N) is 1. The monoisotopic (exact) mass is 272 g/mol. The first-order valence-corrected chi connectivity index (χ1v) is 6.44. The molecule has 5 heteroatoms. The third-order valence-corrected chi connectivity index (χ3v) is 2.94. The number of pyridine rings is 1. The maximum Gasteiger partial charge on any atom is 0.231 e. The predicted octanol–water partition coefficient (Wildman–Crippen LogP) is 2.63. The third-order valence-electron chi connectivity index (χ3n) is 2.94. The molecule has 1 aliphatic rings. The highest BCUT2D eigenvalue weighted by molar-refractivity contribution is 5.47. The first-order valence-electron chi connectivity index (χ1n) is 6.44. The molecule has 3 rings (SSSR count). The fourth-order valence-electron chi connectivity index (χ4n) is 2.13. The molecule has 0 saturated heterocycles. The minimum Gasteiger partial charge on any atom is -0.454 e. The van der Waals surface area contributed by atoms with Crippen molar-refractivity contribution in [1.29, 1.82) is 0 Å². The van der Waals surface area contributed by atoms with E-state index in [0.29, 0.717) is 17.4 Å². The largest absolute Gasteiger partial charge is 0.454 e. The van der Waals surface area contributed by atoms with E-state index in [9.17, 15) is 0 Å². The van der Waals surface area contributed by atoms with Crippen molar-refractivity contribution in [3.63, 3.8) is 0 Å². The molecule has 1 aromatic carbocycles. The van der Waals surface area contributed by atoms with Crippen LogP contribution >= 0.6 is 0 Å². The number of ether oxygens (including phenoxy) is 3. The van der Waals surface area contributed by atoms with Crippen LogP contribution in [0.1, 0.15) is 11.3 Å². The van der Waals surface area contributed by atoms with Crippen LogP contribution < -0.4 is 19.5 Å². The molecule has 0 aliphatic carbocycles. The second kappa shape index (κ2) is 5.38. The molecule has 0 atom stereocenters. The second-order valence-electron chi connectivity index (χ2n) is 4.60. The zero-order valence-corrected chi connectivity index (χ0v) is 11.5. The zero-order chi connectivity index (χ0) is 13.9. The Hall–Kier alpha value is -2.27. The quantitative estimate of drug-likeness (QED) is 0.927. The van der Waals surface area contributed by atoms with Gasteiger partial charge in [-0.2, -0.15) is 0 Å². The van der Waals surface area contributed by atoms with Crippen LogP contribution in [0.2, 0.25) is 0 Å². The zero-order valence-electron chi connectivity index (χ0n) is 11.5. The molecule has 1 N–H and O–H groups in total. The molecule has 5 nitrogen and oxygen atoms in total. The van der Waals surface area contributed by atoms with E-state index in [0.717, 1.165) is 23.6 Å². The van der Waals surface area contributed by atoms with Crippen LogP contribution in [0.4, 0.5) is 0 Å². The average Bonchev–Trinajstić information content (AvgIpc) is 2.85. The molecule has 1 aliphatic heterocycles. The molecule has 0 saturated carbocycles. The van der Waals surface area contributed by atoms with Gasteiger partial charge in [0.25, 0.3) is 0 Å². The number of hydrogen-bond acceptors (Lipinski definition) is 5. The molecule has 20 heavy (non-hydrogen) atoms. The van der Waals surface area contributed by atoms with E-state index in [1.807, 2.05) is 44.3 Å².